The van der Waals surface area contributed by atoms with Gasteiger partial charge in [-0.15, -0.1) is 0 Å². The molecule has 0 radical (unpaired) electrons. The van der Waals surface area contributed by atoms with E-state index in [-0.39, 0.29) is 0 Å². The minimum Gasteiger partial charge on any atom is -0.330 e. The Kier molecular flexibility index (Phi) is 4.66. The van der Waals surface area contributed by atoms with Gasteiger partial charge in [0.25, 0.3) is 0 Å². The molecule has 3 unspecified atom stereocenters. The van der Waals surface area contributed by atoms with E-state index in [9.17, 15) is 0 Å². The molecule has 0 spiro atoms. The highest BCUT2D eigenvalue weighted by atomic mass is 15.2. The zero-order chi connectivity index (χ0) is 11.4. The molecule has 1 heterocycles. The van der Waals surface area contributed by atoms with E-state index in [1.165, 1.54) is 58.0 Å². The molecule has 94 valence electrons. The molecule has 1 saturated heterocycles. The van der Waals surface area contributed by atoms with Gasteiger partial charge in [0, 0.05) is 6.04 Å². The summed E-state index contributed by atoms with van der Waals surface area (Å²) in [6, 6.07) is 0.924. The minimum absolute atomic E-state index is 0.698. The summed E-state index contributed by atoms with van der Waals surface area (Å²) in [6.45, 7) is 5.77. The van der Waals surface area contributed by atoms with Gasteiger partial charge in [-0.05, 0) is 63.6 Å². The first-order valence-electron chi connectivity index (χ1n) is 7.25. The fourth-order valence-electron chi connectivity index (χ4n) is 3.51. The smallest absolute Gasteiger partial charge is 0.0123 e. The number of nitrogens with two attached hydrogens (primary N) is 1. The third-order valence-corrected chi connectivity index (χ3v) is 4.67. The van der Waals surface area contributed by atoms with Crippen molar-refractivity contribution in [2.75, 3.05) is 19.6 Å². The minimum atomic E-state index is 0.698. The Morgan fingerprint density at radius 2 is 1.94 bits per heavy atom. The SMILES string of the molecule is CC(CN)CCN1CCCC2CCCCC21. The van der Waals surface area contributed by atoms with E-state index in [2.05, 4.69) is 11.8 Å². The molecular formula is C14H28N2. The molecule has 0 bridgehead atoms. The van der Waals surface area contributed by atoms with Gasteiger partial charge >= 0.3 is 0 Å². The molecule has 0 aromatic rings. The zero-order valence-electron chi connectivity index (χ0n) is 10.8. The lowest BCUT2D eigenvalue weighted by Crippen LogP contribution is -2.47. The number of rotatable bonds is 4. The molecule has 0 aromatic heterocycles. The Labute approximate surface area is 101 Å². The summed E-state index contributed by atoms with van der Waals surface area (Å²) < 4.78 is 0. The molecule has 2 fully saturated rings. The molecule has 16 heavy (non-hydrogen) atoms. The Bertz CT molecular complexity index is 203. The van der Waals surface area contributed by atoms with Gasteiger partial charge in [-0.25, -0.2) is 0 Å². The molecular weight excluding hydrogens is 196 g/mol. The van der Waals surface area contributed by atoms with Gasteiger partial charge in [0.05, 0.1) is 0 Å². The molecule has 2 N–H and O–H groups in total. The molecule has 0 amide bonds. The second-order valence-corrected chi connectivity index (χ2v) is 5.92. The van der Waals surface area contributed by atoms with Crippen LogP contribution < -0.4 is 5.73 Å². The van der Waals surface area contributed by atoms with Crippen LogP contribution in [0.15, 0.2) is 0 Å². The van der Waals surface area contributed by atoms with Crippen molar-refractivity contribution in [3.63, 3.8) is 0 Å². The first kappa shape index (κ1) is 12.4. The normalized spacial score (nSPS) is 33.4. The summed E-state index contributed by atoms with van der Waals surface area (Å²) in [6.07, 6.45) is 10.1. The van der Waals surface area contributed by atoms with Crippen molar-refractivity contribution in [2.24, 2.45) is 17.6 Å². The van der Waals surface area contributed by atoms with Gasteiger partial charge in [-0.1, -0.05) is 19.8 Å². The van der Waals surface area contributed by atoms with Crippen LogP contribution in [0.4, 0.5) is 0 Å². The van der Waals surface area contributed by atoms with Crippen molar-refractivity contribution in [3.8, 4) is 0 Å². The summed E-state index contributed by atoms with van der Waals surface area (Å²) in [5.41, 5.74) is 5.70. The van der Waals surface area contributed by atoms with Crippen LogP contribution in [0.2, 0.25) is 0 Å². The third-order valence-electron chi connectivity index (χ3n) is 4.67. The van der Waals surface area contributed by atoms with Crippen molar-refractivity contribution >= 4 is 0 Å². The van der Waals surface area contributed by atoms with Gasteiger partial charge in [-0.2, -0.15) is 0 Å². The standard InChI is InChI=1S/C14H28N2/c1-12(11-15)8-10-16-9-4-6-13-5-2-3-7-14(13)16/h12-14H,2-11,15H2,1H3. The number of hydrogen-bond donors (Lipinski definition) is 1. The maximum Gasteiger partial charge on any atom is 0.0123 e. The van der Waals surface area contributed by atoms with Crippen LogP contribution in [0.1, 0.15) is 51.9 Å². The van der Waals surface area contributed by atoms with E-state index in [0.29, 0.717) is 5.92 Å². The Morgan fingerprint density at radius 1 is 1.19 bits per heavy atom. The van der Waals surface area contributed by atoms with Crippen LogP contribution >= 0.6 is 0 Å². The predicted molar refractivity (Wildman–Crippen MR) is 69.4 cm³/mol. The molecule has 1 aliphatic heterocycles. The fourth-order valence-corrected chi connectivity index (χ4v) is 3.51. The molecule has 2 nitrogen and oxygen atoms in total. The molecule has 0 aromatic carbocycles. The first-order chi connectivity index (χ1) is 7.81. The second-order valence-electron chi connectivity index (χ2n) is 5.92. The van der Waals surface area contributed by atoms with Crippen molar-refractivity contribution in [1.29, 1.82) is 0 Å². The van der Waals surface area contributed by atoms with E-state index in [0.717, 1.165) is 18.5 Å². The van der Waals surface area contributed by atoms with Crippen LogP contribution in [-0.2, 0) is 0 Å². The highest BCUT2D eigenvalue weighted by molar-refractivity contribution is 4.87. The van der Waals surface area contributed by atoms with Crippen LogP contribution in [0, 0.1) is 11.8 Å². The van der Waals surface area contributed by atoms with Gasteiger partial charge in [0.15, 0.2) is 0 Å². The van der Waals surface area contributed by atoms with Crippen LogP contribution in [0.5, 0.6) is 0 Å². The highest BCUT2D eigenvalue weighted by Gasteiger charge is 2.32. The lowest BCUT2D eigenvalue weighted by molar-refractivity contribution is 0.0571. The van der Waals surface area contributed by atoms with Gasteiger partial charge in [0.1, 0.15) is 0 Å². The van der Waals surface area contributed by atoms with E-state index in [1.54, 1.807) is 0 Å². The lowest BCUT2D eigenvalue weighted by atomic mass is 9.78. The Balaban J connectivity index is 1.82. The zero-order valence-corrected chi connectivity index (χ0v) is 10.8. The molecule has 1 saturated carbocycles. The average molecular weight is 224 g/mol. The van der Waals surface area contributed by atoms with Crippen molar-refractivity contribution in [3.05, 3.63) is 0 Å². The number of nitrogens with zero attached hydrogens (tertiary/aromatic N) is 1. The van der Waals surface area contributed by atoms with Crippen molar-refractivity contribution in [1.82, 2.24) is 4.90 Å². The summed E-state index contributed by atoms with van der Waals surface area (Å²) >= 11 is 0. The molecule has 2 aliphatic rings. The molecule has 1 aliphatic carbocycles. The van der Waals surface area contributed by atoms with E-state index < -0.39 is 0 Å². The van der Waals surface area contributed by atoms with Crippen LogP contribution in [0.25, 0.3) is 0 Å². The summed E-state index contributed by atoms with van der Waals surface area (Å²) in [5.74, 6) is 1.72. The largest absolute Gasteiger partial charge is 0.330 e. The number of hydrogen-bond acceptors (Lipinski definition) is 2. The second kappa shape index (κ2) is 6.02. The van der Waals surface area contributed by atoms with Crippen molar-refractivity contribution < 1.29 is 0 Å². The maximum atomic E-state index is 5.70. The first-order valence-corrected chi connectivity index (χ1v) is 7.25. The van der Waals surface area contributed by atoms with E-state index in [4.69, 9.17) is 5.73 Å². The molecule has 2 rings (SSSR count). The topological polar surface area (TPSA) is 29.3 Å². The summed E-state index contributed by atoms with van der Waals surface area (Å²) in [5, 5.41) is 0. The Hall–Kier alpha value is -0.0800. The molecule has 2 heteroatoms. The van der Waals surface area contributed by atoms with E-state index >= 15 is 0 Å². The monoisotopic (exact) mass is 224 g/mol. The number of piperidine rings is 1. The van der Waals surface area contributed by atoms with Gasteiger partial charge in [-0.3, -0.25) is 0 Å². The molecule has 3 atom stereocenters. The van der Waals surface area contributed by atoms with Gasteiger partial charge in [0.2, 0.25) is 0 Å². The number of fused-ring (bicyclic) bond motifs is 1. The van der Waals surface area contributed by atoms with Crippen LogP contribution in [0.3, 0.4) is 0 Å². The summed E-state index contributed by atoms with van der Waals surface area (Å²) in [4.78, 5) is 2.78. The Morgan fingerprint density at radius 3 is 2.75 bits per heavy atom. The predicted octanol–water partition coefficient (Wildman–Crippen LogP) is 2.63. The third kappa shape index (κ3) is 2.98. The number of likely N-dealkylation sites (tertiary alicyclic amines) is 1. The lowest BCUT2D eigenvalue weighted by Gasteiger charge is -2.44. The summed E-state index contributed by atoms with van der Waals surface area (Å²) in [7, 11) is 0. The quantitative estimate of drug-likeness (QED) is 0.795. The maximum absolute atomic E-state index is 5.70. The highest BCUT2D eigenvalue weighted by Crippen LogP contribution is 2.35. The van der Waals surface area contributed by atoms with Gasteiger partial charge < -0.3 is 10.6 Å². The van der Waals surface area contributed by atoms with Crippen LogP contribution in [-0.4, -0.2) is 30.6 Å². The fraction of sp³-hybridized carbons (Fsp3) is 1.00. The van der Waals surface area contributed by atoms with E-state index in [1.807, 2.05) is 0 Å². The van der Waals surface area contributed by atoms with Crippen molar-refractivity contribution in [2.45, 2.75) is 57.9 Å². The average Bonchev–Trinajstić information content (AvgIpc) is 2.35.